The quantitative estimate of drug-likeness (QED) is 0.665. The van der Waals surface area contributed by atoms with Crippen LogP contribution in [0.5, 0.6) is 0 Å². The Kier molecular flexibility index (Phi) is 4.52. The van der Waals surface area contributed by atoms with E-state index in [9.17, 15) is 10.1 Å². The van der Waals surface area contributed by atoms with Crippen molar-refractivity contribution in [3.05, 3.63) is 61.3 Å². The van der Waals surface area contributed by atoms with Crippen molar-refractivity contribution in [3.63, 3.8) is 0 Å². The molecule has 1 aromatic heterocycles. The number of rotatable bonds is 5. The molecule has 20 heavy (non-hydrogen) atoms. The van der Waals surface area contributed by atoms with Crippen molar-refractivity contribution >= 4 is 17.0 Å². The van der Waals surface area contributed by atoms with Gasteiger partial charge in [-0.25, -0.2) is 0 Å². The van der Waals surface area contributed by atoms with E-state index >= 15 is 0 Å². The van der Waals surface area contributed by atoms with Gasteiger partial charge in [-0.15, -0.1) is 0 Å². The van der Waals surface area contributed by atoms with Crippen molar-refractivity contribution in [2.45, 2.75) is 33.4 Å². The van der Waals surface area contributed by atoms with Crippen molar-refractivity contribution < 1.29 is 4.92 Å². The molecule has 5 heteroatoms. The fourth-order valence-electron chi connectivity index (χ4n) is 2.04. The van der Waals surface area contributed by atoms with E-state index in [0.717, 1.165) is 12.1 Å². The summed E-state index contributed by atoms with van der Waals surface area (Å²) < 4.78 is 0. The van der Waals surface area contributed by atoms with Crippen LogP contribution in [0.3, 0.4) is 0 Å². The summed E-state index contributed by atoms with van der Waals surface area (Å²) in [4.78, 5) is 10.6. The topological polar surface area (TPSA) is 55.2 Å². The molecule has 1 atom stereocenters. The highest BCUT2D eigenvalue weighted by molar-refractivity contribution is 7.08. The van der Waals surface area contributed by atoms with E-state index in [0.29, 0.717) is 5.56 Å². The molecule has 2 aromatic rings. The van der Waals surface area contributed by atoms with E-state index in [1.807, 2.05) is 19.1 Å². The molecule has 1 unspecified atom stereocenters. The maximum atomic E-state index is 11.0. The number of nitro groups is 1. The normalized spacial score (nSPS) is 12.3. The van der Waals surface area contributed by atoms with Crippen LogP contribution in [-0.4, -0.2) is 4.92 Å². The number of nitro benzene ring substituents is 1. The Balaban J connectivity index is 2.09. The molecule has 0 aliphatic rings. The van der Waals surface area contributed by atoms with Crippen LogP contribution < -0.4 is 5.32 Å². The Morgan fingerprint density at radius 1 is 1.30 bits per heavy atom. The molecule has 1 aromatic carbocycles. The predicted octanol–water partition coefficient (Wildman–Crippen LogP) is 4.12. The molecule has 0 fully saturated rings. The standard InChI is InChI=1S/C15H18N2O2S/c1-10-4-5-13(6-15(10)17(18)19)12(3)16-7-14-9-20-8-11(14)2/h4-6,8-9,12,16H,7H2,1-3H3. The van der Waals surface area contributed by atoms with Crippen LogP contribution in [0.25, 0.3) is 0 Å². The zero-order chi connectivity index (χ0) is 14.7. The molecule has 4 nitrogen and oxygen atoms in total. The van der Waals surface area contributed by atoms with E-state index in [1.165, 1.54) is 11.1 Å². The van der Waals surface area contributed by atoms with Gasteiger partial charge in [0.25, 0.3) is 5.69 Å². The van der Waals surface area contributed by atoms with Gasteiger partial charge in [0.15, 0.2) is 0 Å². The fourth-order valence-corrected chi connectivity index (χ4v) is 2.90. The molecule has 2 rings (SSSR count). The van der Waals surface area contributed by atoms with Crippen molar-refractivity contribution in [2.24, 2.45) is 0 Å². The largest absolute Gasteiger partial charge is 0.306 e. The van der Waals surface area contributed by atoms with Gasteiger partial charge in [0.2, 0.25) is 0 Å². The minimum Gasteiger partial charge on any atom is -0.306 e. The maximum Gasteiger partial charge on any atom is 0.272 e. The maximum absolute atomic E-state index is 11.0. The summed E-state index contributed by atoms with van der Waals surface area (Å²) >= 11 is 1.69. The van der Waals surface area contributed by atoms with Crippen LogP contribution in [0.4, 0.5) is 5.69 Å². The predicted molar refractivity (Wildman–Crippen MR) is 82.1 cm³/mol. The molecule has 1 N–H and O–H groups in total. The third-order valence-electron chi connectivity index (χ3n) is 3.49. The van der Waals surface area contributed by atoms with Crippen LogP contribution in [0.15, 0.2) is 29.0 Å². The lowest BCUT2D eigenvalue weighted by Crippen LogP contribution is -2.18. The smallest absolute Gasteiger partial charge is 0.272 e. The highest BCUT2D eigenvalue weighted by Gasteiger charge is 2.14. The Hall–Kier alpha value is -1.72. The second-order valence-electron chi connectivity index (χ2n) is 4.99. The second-order valence-corrected chi connectivity index (χ2v) is 5.73. The molecule has 0 radical (unpaired) electrons. The summed E-state index contributed by atoms with van der Waals surface area (Å²) in [7, 11) is 0. The Morgan fingerprint density at radius 2 is 2.05 bits per heavy atom. The van der Waals surface area contributed by atoms with Crippen LogP contribution in [0.1, 0.15) is 35.2 Å². The van der Waals surface area contributed by atoms with Crippen LogP contribution in [0.2, 0.25) is 0 Å². The van der Waals surface area contributed by atoms with E-state index in [-0.39, 0.29) is 16.7 Å². The zero-order valence-corrected chi connectivity index (χ0v) is 12.7. The first kappa shape index (κ1) is 14.7. The number of hydrogen-bond donors (Lipinski definition) is 1. The monoisotopic (exact) mass is 290 g/mol. The van der Waals surface area contributed by atoms with Gasteiger partial charge < -0.3 is 5.32 Å². The summed E-state index contributed by atoms with van der Waals surface area (Å²) in [6, 6.07) is 5.49. The molecule has 0 bridgehead atoms. The summed E-state index contributed by atoms with van der Waals surface area (Å²) in [6.07, 6.45) is 0. The minimum absolute atomic E-state index is 0.0774. The molecular weight excluding hydrogens is 272 g/mol. The van der Waals surface area contributed by atoms with Gasteiger partial charge in [-0.05, 0) is 48.2 Å². The van der Waals surface area contributed by atoms with Crippen molar-refractivity contribution in [2.75, 3.05) is 0 Å². The molecule has 1 heterocycles. The van der Waals surface area contributed by atoms with Gasteiger partial charge >= 0.3 is 0 Å². The zero-order valence-electron chi connectivity index (χ0n) is 11.8. The Labute approximate surface area is 122 Å². The van der Waals surface area contributed by atoms with Crippen LogP contribution in [-0.2, 0) is 6.54 Å². The van der Waals surface area contributed by atoms with Gasteiger partial charge in [-0.2, -0.15) is 11.3 Å². The third kappa shape index (κ3) is 3.23. The SMILES string of the molecule is Cc1cscc1CNC(C)c1ccc(C)c([N+](=O)[O-])c1. The number of nitrogens with one attached hydrogen (secondary N) is 1. The number of benzene rings is 1. The second kappa shape index (κ2) is 6.15. The first-order chi connectivity index (χ1) is 9.49. The molecule has 0 aliphatic heterocycles. The Bertz CT molecular complexity index is 622. The average molecular weight is 290 g/mol. The lowest BCUT2D eigenvalue weighted by molar-refractivity contribution is -0.385. The van der Waals surface area contributed by atoms with E-state index in [2.05, 4.69) is 23.0 Å². The molecule has 0 aliphatic carbocycles. The minimum atomic E-state index is -0.325. The number of aryl methyl sites for hydroxylation is 2. The van der Waals surface area contributed by atoms with Crippen molar-refractivity contribution in [1.29, 1.82) is 0 Å². The van der Waals surface area contributed by atoms with Gasteiger partial charge in [-0.3, -0.25) is 10.1 Å². The molecule has 0 spiro atoms. The van der Waals surface area contributed by atoms with Gasteiger partial charge in [0.1, 0.15) is 0 Å². The highest BCUT2D eigenvalue weighted by Crippen LogP contribution is 2.23. The Morgan fingerprint density at radius 3 is 2.65 bits per heavy atom. The van der Waals surface area contributed by atoms with Gasteiger partial charge in [0.05, 0.1) is 4.92 Å². The van der Waals surface area contributed by atoms with Gasteiger partial charge in [-0.1, -0.05) is 12.1 Å². The third-order valence-corrected chi connectivity index (χ3v) is 4.40. The van der Waals surface area contributed by atoms with E-state index in [1.54, 1.807) is 24.3 Å². The lowest BCUT2D eigenvalue weighted by Gasteiger charge is -2.14. The van der Waals surface area contributed by atoms with Gasteiger partial charge in [0, 0.05) is 24.2 Å². The van der Waals surface area contributed by atoms with E-state index < -0.39 is 0 Å². The molecule has 0 saturated heterocycles. The number of thiophene rings is 1. The summed E-state index contributed by atoms with van der Waals surface area (Å²) in [5.74, 6) is 0. The first-order valence-electron chi connectivity index (χ1n) is 6.49. The van der Waals surface area contributed by atoms with E-state index in [4.69, 9.17) is 0 Å². The first-order valence-corrected chi connectivity index (χ1v) is 7.43. The number of nitrogens with zero attached hydrogens (tertiary/aromatic N) is 1. The van der Waals surface area contributed by atoms with Crippen LogP contribution >= 0.6 is 11.3 Å². The van der Waals surface area contributed by atoms with Crippen molar-refractivity contribution in [3.8, 4) is 0 Å². The molecular formula is C15H18N2O2S. The average Bonchev–Trinajstić information content (AvgIpc) is 2.81. The van der Waals surface area contributed by atoms with Crippen LogP contribution in [0, 0.1) is 24.0 Å². The highest BCUT2D eigenvalue weighted by atomic mass is 32.1. The molecule has 0 amide bonds. The lowest BCUT2D eigenvalue weighted by atomic mass is 10.0. The fraction of sp³-hybridized carbons (Fsp3) is 0.333. The molecule has 0 saturated carbocycles. The molecule has 106 valence electrons. The summed E-state index contributed by atoms with van der Waals surface area (Å²) in [6.45, 7) is 6.65. The van der Waals surface area contributed by atoms with Crippen molar-refractivity contribution in [1.82, 2.24) is 5.32 Å². The summed E-state index contributed by atoms with van der Waals surface area (Å²) in [5, 5.41) is 18.6. The summed E-state index contributed by atoms with van der Waals surface area (Å²) in [5.41, 5.74) is 4.38. The number of hydrogen-bond acceptors (Lipinski definition) is 4.